The molecule has 0 bridgehead atoms. The Bertz CT molecular complexity index is 560. The molecule has 0 saturated carbocycles. The van der Waals surface area contributed by atoms with E-state index in [1.807, 2.05) is 5.32 Å². The number of alkyl halides is 3. The van der Waals surface area contributed by atoms with Gasteiger partial charge in [-0.1, -0.05) is 6.07 Å². The quantitative estimate of drug-likeness (QED) is 0.831. The number of ketones is 1. The van der Waals surface area contributed by atoms with Gasteiger partial charge in [0.05, 0.1) is 11.3 Å². The Kier molecular flexibility index (Phi) is 4.65. The van der Waals surface area contributed by atoms with Gasteiger partial charge in [-0.3, -0.25) is 10.1 Å². The molecular weight excluding hydrogens is 287 g/mol. The van der Waals surface area contributed by atoms with Crippen molar-refractivity contribution < 1.29 is 27.5 Å². The highest BCUT2D eigenvalue weighted by molar-refractivity contribution is 6.03. The Morgan fingerprint density at radius 1 is 1.14 bits per heavy atom. The zero-order valence-corrected chi connectivity index (χ0v) is 12.1. The van der Waals surface area contributed by atoms with E-state index in [2.05, 4.69) is 0 Å². The zero-order chi connectivity index (χ0) is 16.4. The second kappa shape index (κ2) is 5.75. The number of ether oxygens (including phenoxy) is 1. The molecule has 0 fully saturated rings. The molecule has 0 saturated heterocycles. The third-order valence-electron chi connectivity index (χ3n) is 2.38. The second-order valence-corrected chi connectivity index (χ2v) is 5.41. The molecule has 1 amide bonds. The summed E-state index contributed by atoms with van der Waals surface area (Å²) in [5.74, 6) is -0.591. The molecule has 7 heteroatoms. The van der Waals surface area contributed by atoms with E-state index >= 15 is 0 Å². The fourth-order valence-corrected chi connectivity index (χ4v) is 1.62. The molecule has 1 N–H and O–H groups in total. The Labute approximate surface area is 120 Å². The molecule has 1 aromatic carbocycles. The zero-order valence-electron chi connectivity index (χ0n) is 12.1. The van der Waals surface area contributed by atoms with Gasteiger partial charge in [-0.25, -0.2) is 4.79 Å². The number of hydrogen-bond donors (Lipinski definition) is 1. The number of Topliss-reactive ketones (excluding diaryl/α,β-unsaturated/α-hetero) is 1. The topological polar surface area (TPSA) is 55.4 Å². The molecule has 4 nitrogen and oxygen atoms in total. The maximum Gasteiger partial charge on any atom is 0.418 e. The number of para-hydroxylation sites is 1. The molecule has 1 rings (SSSR count). The molecule has 0 heterocycles. The molecule has 0 aromatic heterocycles. The molecule has 0 aliphatic carbocycles. The number of carbonyl (C=O) groups is 2. The Hall–Kier alpha value is -2.05. The number of benzene rings is 1. The fourth-order valence-electron chi connectivity index (χ4n) is 1.62. The van der Waals surface area contributed by atoms with Gasteiger partial charge in [0.15, 0.2) is 5.78 Å². The number of amides is 1. The minimum absolute atomic E-state index is 0.226. The molecule has 1 aromatic rings. The van der Waals surface area contributed by atoms with E-state index in [4.69, 9.17) is 4.74 Å². The fraction of sp³-hybridized carbons (Fsp3) is 0.429. The lowest BCUT2D eigenvalue weighted by Gasteiger charge is -2.21. The van der Waals surface area contributed by atoms with Crippen LogP contribution in [0.4, 0.5) is 23.7 Å². The first-order valence-corrected chi connectivity index (χ1v) is 6.13. The van der Waals surface area contributed by atoms with Crippen LogP contribution in [0.15, 0.2) is 18.2 Å². The first-order valence-electron chi connectivity index (χ1n) is 6.13. The number of anilines is 1. The standard InChI is InChI=1S/C14H16F3NO3/c1-8(19)9-6-5-7-10(14(15,16)17)11(9)18-12(20)21-13(2,3)4/h5-7H,1-4H3,(H,18,20). The first-order chi connectivity index (χ1) is 9.42. The lowest BCUT2D eigenvalue weighted by Crippen LogP contribution is -2.28. The Balaban J connectivity index is 3.25. The SMILES string of the molecule is CC(=O)c1cccc(C(F)(F)F)c1NC(=O)OC(C)(C)C. The van der Waals surface area contributed by atoms with Crippen molar-refractivity contribution in [2.45, 2.75) is 39.5 Å². The number of rotatable bonds is 2. The van der Waals surface area contributed by atoms with Gasteiger partial charge in [-0.15, -0.1) is 0 Å². The van der Waals surface area contributed by atoms with Crippen molar-refractivity contribution in [1.29, 1.82) is 0 Å². The van der Waals surface area contributed by atoms with Gasteiger partial charge >= 0.3 is 12.3 Å². The molecule has 0 aliphatic heterocycles. The van der Waals surface area contributed by atoms with Crippen LogP contribution >= 0.6 is 0 Å². The summed E-state index contributed by atoms with van der Waals surface area (Å²) in [6, 6.07) is 3.11. The van der Waals surface area contributed by atoms with Gasteiger partial charge in [-0.05, 0) is 39.8 Å². The van der Waals surface area contributed by atoms with E-state index in [9.17, 15) is 22.8 Å². The van der Waals surface area contributed by atoms with E-state index in [-0.39, 0.29) is 5.56 Å². The maximum absolute atomic E-state index is 13.0. The Morgan fingerprint density at radius 2 is 1.71 bits per heavy atom. The average molecular weight is 303 g/mol. The van der Waals surface area contributed by atoms with Crippen molar-refractivity contribution in [2.24, 2.45) is 0 Å². The molecule has 0 unspecified atom stereocenters. The minimum atomic E-state index is -4.70. The molecule has 21 heavy (non-hydrogen) atoms. The highest BCUT2D eigenvalue weighted by atomic mass is 19.4. The Morgan fingerprint density at radius 3 is 2.14 bits per heavy atom. The van der Waals surface area contributed by atoms with Crippen LogP contribution in [0.1, 0.15) is 43.6 Å². The number of nitrogens with one attached hydrogen (secondary N) is 1. The minimum Gasteiger partial charge on any atom is -0.444 e. The lowest BCUT2D eigenvalue weighted by molar-refractivity contribution is -0.136. The van der Waals surface area contributed by atoms with Gasteiger partial charge in [0.2, 0.25) is 0 Å². The van der Waals surface area contributed by atoms with E-state index < -0.39 is 34.9 Å². The van der Waals surface area contributed by atoms with Crippen molar-refractivity contribution in [3.05, 3.63) is 29.3 Å². The molecule has 0 spiro atoms. The van der Waals surface area contributed by atoms with Crippen LogP contribution in [0, 0.1) is 0 Å². The monoisotopic (exact) mass is 303 g/mol. The summed E-state index contributed by atoms with van der Waals surface area (Å²) in [6.07, 6.45) is -5.75. The molecule has 0 atom stereocenters. The van der Waals surface area contributed by atoms with Crippen molar-refractivity contribution in [3.63, 3.8) is 0 Å². The molecular formula is C14H16F3NO3. The third kappa shape index (κ3) is 4.77. The van der Waals surface area contributed by atoms with E-state index in [1.165, 1.54) is 6.07 Å². The summed E-state index contributed by atoms with van der Waals surface area (Å²) in [6.45, 7) is 5.85. The van der Waals surface area contributed by atoms with E-state index in [0.29, 0.717) is 0 Å². The summed E-state index contributed by atoms with van der Waals surface area (Å²) in [7, 11) is 0. The second-order valence-electron chi connectivity index (χ2n) is 5.41. The van der Waals surface area contributed by atoms with Gasteiger partial charge in [0, 0.05) is 5.56 Å². The smallest absolute Gasteiger partial charge is 0.418 e. The van der Waals surface area contributed by atoms with Crippen LogP contribution in [-0.2, 0) is 10.9 Å². The molecule has 116 valence electrons. The third-order valence-corrected chi connectivity index (χ3v) is 2.38. The number of hydrogen-bond acceptors (Lipinski definition) is 3. The van der Waals surface area contributed by atoms with Gasteiger partial charge < -0.3 is 4.74 Å². The van der Waals surface area contributed by atoms with Crippen LogP contribution in [0.2, 0.25) is 0 Å². The molecule has 0 radical (unpaired) electrons. The van der Waals surface area contributed by atoms with Crippen molar-refractivity contribution in [1.82, 2.24) is 0 Å². The van der Waals surface area contributed by atoms with Crippen molar-refractivity contribution in [2.75, 3.05) is 5.32 Å². The van der Waals surface area contributed by atoms with Gasteiger partial charge in [0.1, 0.15) is 5.60 Å². The van der Waals surface area contributed by atoms with Crippen molar-refractivity contribution in [3.8, 4) is 0 Å². The lowest BCUT2D eigenvalue weighted by atomic mass is 10.0. The summed E-state index contributed by atoms with van der Waals surface area (Å²) in [4.78, 5) is 23.1. The van der Waals surface area contributed by atoms with Crippen LogP contribution < -0.4 is 5.32 Å². The van der Waals surface area contributed by atoms with E-state index in [0.717, 1.165) is 19.1 Å². The van der Waals surface area contributed by atoms with Crippen molar-refractivity contribution >= 4 is 17.6 Å². The highest BCUT2D eigenvalue weighted by Crippen LogP contribution is 2.37. The predicted octanol–water partition coefficient (Wildman–Crippen LogP) is 4.26. The highest BCUT2D eigenvalue weighted by Gasteiger charge is 2.35. The average Bonchev–Trinajstić information content (AvgIpc) is 2.24. The summed E-state index contributed by atoms with van der Waals surface area (Å²) in [5.41, 5.74) is -2.78. The summed E-state index contributed by atoms with van der Waals surface area (Å²) >= 11 is 0. The first kappa shape index (κ1) is 17.0. The van der Waals surface area contributed by atoms with Crippen LogP contribution in [-0.4, -0.2) is 17.5 Å². The van der Waals surface area contributed by atoms with Crippen LogP contribution in [0.3, 0.4) is 0 Å². The predicted molar refractivity (Wildman–Crippen MR) is 71.3 cm³/mol. The van der Waals surface area contributed by atoms with E-state index in [1.54, 1.807) is 20.8 Å². The summed E-state index contributed by atoms with van der Waals surface area (Å²) in [5, 5.41) is 2.02. The number of carbonyl (C=O) groups excluding carboxylic acids is 2. The van der Waals surface area contributed by atoms with Crippen LogP contribution in [0.25, 0.3) is 0 Å². The van der Waals surface area contributed by atoms with Gasteiger partial charge in [-0.2, -0.15) is 13.2 Å². The number of halogens is 3. The largest absolute Gasteiger partial charge is 0.444 e. The van der Waals surface area contributed by atoms with Gasteiger partial charge in [0.25, 0.3) is 0 Å². The maximum atomic E-state index is 13.0. The molecule has 0 aliphatic rings. The summed E-state index contributed by atoms with van der Waals surface area (Å²) < 4.78 is 43.8. The van der Waals surface area contributed by atoms with Crippen LogP contribution in [0.5, 0.6) is 0 Å². The normalized spacial score (nSPS) is 12.0.